The number of rotatable bonds is 8. The molecular weight excluding hydrogens is 208 g/mol. The van der Waals surface area contributed by atoms with Crippen molar-refractivity contribution in [1.82, 2.24) is 10.2 Å². The van der Waals surface area contributed by atoms with Gasteiger partial charge in [-0.1, -0.05) is 40.0 Å². The second-order valence-electron chi connectivity index (χ2n) is 5.38. The molecule has 0 aromatic heterocycles. The lowest BCUT2D eigenvalue weighted by Crippen LogP contribution is -2.40. The Hall–Kier alpha value is -0.0800. The zero-order valence-electron chi connectivity index (χ0n) is 12.2. The highest BCUT2D eigenvalue weighted by atomic mass is 15.1. The summed E-state index contributed by atoms with van der Waals surface area (Å²) in [7, 11) is 0. The molecule has 17 heavy (non-hydrogen) atoms. The van der Waals surface area contributed by atoms with Crippen molar-refractivity contribution in [3.8, 4) is 0 Å². The molecule has 2 nitrogen and oxygen atoms in total. The molecule has 1 rings (SSSR count). The molecule has 0 heterocycles. The van der Waals surface area contributed by atoms with Crippen LogP contribution in [0, 0.1) is 5.92 Å². The number of nitrogens with zero attached hydrogens (tertiary/aromatic N) is 1. The van der Waals surface area contributed by atoms with E-state index < -0.39 is 0 Å². The number of nitrogens with one attached hydrogen (secondary N) is 1. The van der Waals surface area contributed by atoms with E-state index in [2.05, 4.69) is 31.0 Å². The second-order valence-corrected chi connectivity index (χ2v) is 5.38. The molecule has 0 radical (unpaired) electrons. The third-order valence-corrected chi connectivity index (χ3v) is 4.34. The van der Waals surface area contributed by atoms with E-state index in [1.165, 1.54) is 58.2 Å². The van der Waals surface area contributed by atoms with Gasteiger partial charge in [-0.2, -0.15) is 0 Å². The fourth-order valence-electron chi connectivity index (χ4n) is 3.16. The molecular formula is C15H32N2. The molecule has 1 aliphatic rings. The Bertz CT molecular complexity index is 172. The quantitative estimate of drug-likeness (QED) is 0.700. The minimum Gasteiger partial charge on any atom is -0.314 e. The number of hydrogen-bond donors (Lipinski definition) is 1. The predicted molar refractivity (Wildman–Crippen MR) is 76.4 cm³/mol. The third-order valence-electron chi connectivity index (χ3n) is 4.34. The summed E-state index contributed by atoms with van der Waals surface area (Å²) in [6.07, 6.45) is 8.62. The summed E-state index contributed by atoms with van der Waals surface area (Å²) in [4.78, 5) is 2.55. The van der Waals surface area contributed by atoms with Crippen LogP contribution in [0.1, 0.15) is 59.3 Å². The van der Waals surface area contributed by atoms with Crippen molar-refractivity contribution in [1.29, 1.82) is 0 Å². The van der Waals surface area contributed by atoms with E-state index in [1.54, 1.807) is 0 Å². The van der Waals surface area contributed by atoms with Gasteiger partial charge in [0.1, 0.15) is 0 Å². The molecule has 0 aromatic carbocycles. The van der Waals surface area contributed by atoms with Crippen LogP contribution >= 0.6 is 0 Å². The average Bonchev–Trinajstić information content (AvgIpc) is 2.39. The molecule has 102 valence electrons. The molecule has 1 saturated carbocycles. The SMILES string of the molecule is CCNC(CCN(CC)CC)C1CCCCC1. The maximum absolute atomic E-state index is 3.73. The van der Waals surface area contributed by atoms with Crippen molar-refractivity contribution >= 4 is 0 Å². The molecule has 0 saturated heterocycles. The van der Waals surface area contributed by atoms with Gasteiger partial charge in [0.2, 0.25) is 0 Å². The van der Waals surface area contributed by atoms with Crippen molar-refractivity contribution in [2.24, 2.45) is 5.92 Å². The maximum Gasteiger partial charge on any atom is 0.0107 e. The first-order valence-corrected chi connectivity index (χ1v) is 7.77. The summed E-state index contributed by atoms with van der Waals surface area (Å²) in [5.41, 5.74) is 0. The Labute approximate surface area is 108 Å². The zero-order valence-corrected chi connectivity index (χ0v) is 12.2. The smallest absolute Gasteiger partial charge is 0.0107 e. The van der Waals surface area contributed by atoms with Gasteiger partial charge >= 0.3 is 0 Å². The van der Waals surface area contributed by atoms with Crippen LogP contribution in [0.5, 0.6) is 0 Å². The van der Waals surface area contributed by atoms with Crippen LogP contribution < -0.4 is 5.32 Å². The molecule has 0 aromatic rings. The zero-order chi connectivity index (χ0) is 12.5. The molecule has 0 aliphatic heterocycles. The molecule has 1 N–H and O–H groups in total. The van der Waals surface area contributed by atoms with E-state index in [0.29, 0.717) is 0 Å². The van der Waals surface area contributed by atoms with E-state index in [0.717, 1.165) is 18.5 Å². The lowest BCUT2D eigenvalue weighted by atomic mass is 9.82. The molecule has 0 bridgehead atoms. The lowest BCUT2D eigenvalue weighted by Gasteiger charge is -2.32. The van der Waals surface area contributed by atoms with Crippen LogP contribution in [0.15, 0.2) is 0 Å². The van der Waals surface area contributed by atoms with Gasteiger partial charge in [-0.15, -0.1) is 0 Å². The molecule has 0 spiro atoms. The Balaban J connectivity index is 2.35. The van der Waals surface area contributed by atoms with Gasteiger partial charge in [0, 0.05) is 6.04 Å². The summed E-state index contributed by atoms with van der Waals surface area (Å²) >= 11 is 0. The Morgan fingerprint density at radius 3 is 2.24 bits per heavy atom. The first kappa shape index (κ1) is 15.0. The van der Waals surface area contributed by atoms with Crippen molar-refractivity contribution in [3.63, 3.8) is 0 Å². The van der Waals surface area contributed by atoms with Crippen molar-refractivity contribution in [3.05, 3.63) is 0 Å². The Morgan fingerprint density at radius 2 is 1.71 bits per heavy atom. The minimum atomic E-state index is 0.765. The van der Waals surface area contributed by atoms with Crippen LogP contribution in [0.3, 0.4) is 0 Å². The molecule has 2 heteroatoms. The fourth-order valence-corrected chi connectivity index (χ4v) is 3.16. The van der Waals surface area contributed by atoms with Crippen LogP contribution in [0.4, 0.5) is 0 Å². The summed E-state index contributed by atoms with van der Waals surface area (Å²) in [5, 5.41) is 3.73. The minimum absolute atomic E-state index is 0.765. The number of hydrogen-bond acceptors (Lipinski definition) is 2. The second kappa shape index (κ2) is 8.93. The summed E-state index contributed by atoms with van der Waals surface area (Å²) < 4.78 is 0. The summed E-state index contributed by atoms with van der Waals surface area (Å²) in [6, 6.07) is 0.765. The van der Waals surface area contributed by atoms with Gasteiger partial charge in [0.25, 0.3) is 0 Å². The van der Waals surface area contributed by atoms with E-state index >= 15 is 0 Å². The van der Waals surface area contributed by atoms with Crippen molar-refractivity contribution < 1.29 is 0 Å². The van der Waals surface area contributed by atoms with E-state index in [4.69, 9.17) is 0 Å². The van der Waals surface area contributed by atoms with Crippen LogP contribution in [-0.2, 0) is 0 Å². The predicted octanol–water partition coefficient (Wildman–Crippen LogP) is 3.28. The highest BCUT2D eigenvalue weighted by molar-refractivity contribution is 4.80. The highest BCUT2D eigenvalue weighted by Gasteiger charge is 2.22. The van der Waals surface area contributed by atoms with Crippen LogP contribution in [0.2, 0.25) is 0 Å². The Kier molecular flexibility index (Phi) is 7.87. The fraction of sp³-hybridized carbons (Fsp3) is 1.00. The van der Waals surface area contributed by atoms with Crippen LogP contribution in [-0.4, -0.2) is 37.1 Å². The molecule has 1 unspecified atom stereocenters. The molecule has 1 fully saturated rings. The summed E-state index contributed by atoms with van der Waals surface area (Å²) in [5.74, 6) is 0.944. The topological polar surface area (TPSA) is 15.3 Å². The van der Waals surface area contributed by atoms with Crippen molar-refractivity contribution in [2.75, 3.05) is 26.2 Å². The molecule has 1 aliphatic carbocycles. The van der Waals surface area contributed by atoms with E-state index in [1.807, 2.05) is 0 Å². The normalized spacial score (nSPS) is 19.8. The van der Waals surface area contributed by atoms with E-state index in [-0.39, 0.29) is 0 Å². The first-order valence-electron chi connectivity index (χ1n) is 7.77. The monoisotopic (exact) mass is 240 g/mol. The summed E-state index contributed by atoms with van der Waals surface area (Å²) in [6.45, 7) is 11.6. The average molecular weight is 240 g/mol. The standard InChI is InChI=1S/C15H32N2/c1-4-16-15(12-13-17(5-2)6-3)14-10-8-7-9-11-14/h14-16H,4-13H2,1-3H3. The largest absolute Gasteiger partial charge is 0.314 e. The van der Waals surface area contributed by atoms with Gasteiger partial charge in [-0.25, -0.2) is 0 Å². The first-order chi connectivity index (χ1) is 8.31. The van der Waals surface area contributed by atoms with Crippen molar-refractivity contribution in [2.45, 2.75) is 65.3 Å². The maximum atomic E-state index is 3.73. The lowest BCUT2D eigenvalue weighted by molar-refractivity contribution is 0.222. The van der Waals surface area contributed by atoms with Gasteiger partial charge in [-0.05, 0) is 51.4 Å². The van der Waals surface area contributed by atoms with Crippen LogP contribution in [0.25, 0.3) is 0 Å². The van der Waals surface area contributed by atoms with E-state index in [9.17, 15) is 0 Å². The van der Waals surface area contributed by atoms with Gasteiger partial charge in [-0.3, -0.25) is 0 Å². The molecule has 1 atom stereocenters. The van der Waals surface area contributed by atoms with Gasteiger partial charge < -0.3 is 10.2 Å². The molecule has 0 amide bonds. The third kappa shape index (κ3) is 5.39. The van der Waals surface area contributed by atoms with Gasteiger partial charge in [0.15, 0.2) is 0 Å². The van der Waals surface area contributed by atoms with Gasteiger partial charge in [0.05, 0.1) is 0 Å². The Morgan fingerprint density at radius 1 is 1.06 bits per heavy atom. The highest BCUT2D eigenvalue weighted by Crippen LogP contribution is 2.27.